The van der Waals surface area contributed by atoms with E-state index in [9.17, 15) is 27.9 Å². The molecule has 0 bridgehead atoms. The van der Waals surface area contributed by atoms with E-state index in [0.29, 0.717) is 56.1 Å². The number of urea groups is 1. The number of carboxylic acids is 1. The van der Waals surface area contributed by atoms with Crippen molar-refractivity contribution in [2.45, 2.75) is 63.1 Å². The van der Waals surface area contributed by atoms with Gasteiger partial charge in [-0.25, -0.2) is 23.0 Å². The standard InChI is InChI=1S/C48H42Cl2N6O9S2/c1-3-52-47(60)55-48-54-45(27(2)66-48)67(61,62)56-24-35-22-42-41(64-26-43(65-42)33-13-15-36(16-14-33)63-25-30-8-17-37(49)38(50)18-30)21-34(35)20-40(56)44(57)53-39(46(58)59)19-28-4-9-31(10-5-28)32-11-6-29(23-51)7-12-32/h4-18,21-22,39-40,43H,3,19-20,24-26H2,1-2H3,(H,53,57)(H,58,59)(H2,52,54,55,60)/t39-,40?,43+/m0/s1. The Labute approximate surface area is 400 Å². The fourth-order valence-electron chi connectivity index (χ4n) is 7.70. The van der Waals surface area contributed by atoms with E-state index in [1.165, 1.54) is 0 Å². The van der Waals surface area contributed by atoms with Gasteiger partial charge in [0, 0.05) is 24.4 Å². The van der Waals surface area contributed by atoms with Crippen molar-refractivity contribution in [2.24, 2.45) is 0 Å². The van der Waals surface area contributed by atoms with Crippen molar-refractivity contribution < 1.29 is 42.1 Å². The molecule has 4 N–H and O–H groups in total. The summed E-state index contributed by atoms with van der Waals surface area (Å²) in [5.74, 6) is -0.761. The number of nitrogens with zero attached hydrogens (tertiary/aromatic N) is 3. The molecule has 0 radical (unpaired) electrons. The minimum atomic E-state index is -4.57. The Morgan fingerprint density at radius 2 is 1.63 bits per heavy atom. The molecule has 15 nitrogen and oxygen atoms in total. The van der Waals surface area contributed by atoms with Gasteiger partial charge in [-0.05, 0) is 108 Å². The molecule has 0 fully saturated rings. The van der Waals surface area contributed by atoms with Crippen LogP contribution in [-0.2, 0) is 45.6 Å². The summed E-state index contributed by atoms with van der Waals surface area (Å²) < 4.78 is 49.0. The number of carbonyl (C=O) groups excluding carboxylic acids is 2. The molecule has 1 unspecified atom stereocenters. The topological polar surface area (TPSA) is 209 Å². The molecular formula is C48H42Cl2N6O9S2. The highest BCUT2D eigenvalue weighted by atomic mass is 35.5. The van der Waals surface area contributed by atoms with Crippen LogP contribution in [0.25, 0.3) is 11.1 Å². The number of ether oxygens (including phenoxy) is 3. The summed E-state index contributed by atoms with van der Waals surface area (Å²) in [5, 5.41) is 27.8. The van der Waals surface area contributed by atoms with Gasteiger partial charge in [-0.1, -0.05) is 77.8 Å². The van der Waals surface area contributed by atoms with Crippen molar-refractivity contribution in [2.75, 3.05) is 18.5 Å². The van der Waals surface area contributed by atoms with E-state index in [1.54, 1.807) is 62.4 Å². The van der Waals surface area contributed by atoms with Crippen LogP contribution in [0.5, 0.6) is 17.2 Å². The Morgan fingerprint density at radius 1 is 0.940 bits per heavy atom. The molecule has 8 rings (SSSR count). The number of amides is 3. The first-order chi connectivity index (χ1) is 32.2. The third-order valence-corrected chi connectivity index (χ3v) is 14.8. The number of benzene rings is 5. The smallest absolute Gasteiger partial charge is 0.326 e. The Hall–Kier alpha value is -6.68. The zero-order valence-electron chi connectivity index (χ0n) is 35.9. The predicted molar refractivity (Wildman–Crippen MR) is 252 cm³/mol. The van der Waals surface area contributed by atoms with E-state index in [0.717, 1.165) is 37.9 Å². The molecule has 0 aliphatic carbocycles. The molecule has 0 spiro atoms. The maximum absolute atomic E-state index is 14.7. The molecular weight excluding hydrogens is 940 g/mol. The number of thiazole rings is 1. The fourth-order valence-corrected chi connectivity index (χ4v) is 10.8. The number of fused-ring (bicyclic) bond motifs is 2. The van der Waals surface area contributed by atoms with Crippen LogP contribution >= 0.6 is 34.5 Å². The van der Waals surface area contributed by atoms with E-state index in [2.05, 4.69) is 27.0 Å². The van der Waals surface area contributed by atoms with Gasteiger partial charge in [-0.15, -0.1) is 11.3 Å². The maximum atomic E-state index is 14.7. The monoisotopic (exact) mass is 980 g/mol. The van der Waals surface area contributed by atoms with Crippen LogP contribution in [0.15, 0.2) is 108 Å². The summed E-state index contributed by atoms with van der Waals surface area (Å²) in [4.78, 5) is 44.0. The Kier molecular flexibility index (Phi) is 14.0. The highest BCUT2D eigenvalue weighted by Crippen LogP contribution is 2.42. The van der Waals surface area contributed by atoms with Gasteiger partial charge in [0.1, 0.15) is 31.0 Å². The van der Waals surface area contributed by atoms with Gasteiger partial charge >= 0.3 is 12.0 Å². The summed E-state index contributed by atoms with van der Waals surface area (Å²) in [6.45, 7) is 3.74. The number of aliphatic carboxylic acids is 1. The van der Waals surface area contributed by atoms with Crippen molar-refractivity contribution in [3.8, 4) is 34.4 Å². The fraction of sp³-hybridized carbons (Fsp3) is 0.229. The number of hydrogen-bond donors (Lipinski definition) is 4. The highest BCUT2D eigenvalue weighted by Gasteiger charge is 2.43. The van der Waals surface area contributed by atoms with E-state index < -0.39 is 46.1 Å². The number of hydrogen-bond acceptors (Lipinski definition) is 11. The van der Waals surface area contributed by atoms with Crippen LogP contribution in [0.1, 0.15) is 51.3 Å². The molecule has 3 amide bonds. The number of carboxylic acid groups (broad SMARTS) is 1. The third kappa shape index (κ3) is 10.6. The first-order valence-corrected chi connectivity index (χ1v) is 24.0. The molecule has 67 heavy (non-hydrogen) atoms. The molecule has 344 valence electrons. The van der Waals surface area contributed by atoms with Gasteiger partial charge in [0.25, 0.3) is 10.0 Å². The van der Waals surface area contributed by atoms with Crippen molar-refractivity contribution in [1.82, 2.24) is 19.9 Å². The Morgan fingerprint density at radius 3 is 2.30 bits per heavy atom. The van der Waals surface area contributed by atoms with Gasteiger partial charge < -0.3 is 30.0 Å². The van der Waals surface area contributed by atoms with Crippen LogP contribution in [-0.4, -0.2) is 66.0 Å². The summed E-state index contributed by atoms with van der Waals surface area (Å²) in [5.41, 5.74) is 5.64. The first kappa shape index (κ1) is 46.8. The average molecular weight is 982 g/mol. The number of sulfonamides is 1. The van der Waals surface area contributed by atoms with Crippen molar-refractivity contribution in [3.05, 3.63) is 151 Å². The lowest BCUT2D eigenvalue weighted by atomic mass is 9.94. The Bertz CT molecular complexity index is 3000. The van der Waals surface area contributed by atoms with Gasteiger partial charge in [0.15, 0.2) is 27.8 Å². The number of aromatic nitrogens is 1. The molecule has 2 aliphatic heterocycles. The number of aryl methyl sites for hydroxylation is 1. The van der Waals surface area contributed by atoms with Gasteiger partial charge in [0.05, 0.1) is 21.7 Å². The van der Waals surface area contributed by atoms with Gasteiger partial charge in [-0.3, -0.25) is 10.1 Å². The minimum absolute atomic E-state index is 0.0355. The molecule has 0 saturated heterocycles. The normalized spacial score (nSPS) is 15.9. The number of rotatable bonds is 14. The van der Waals surface area contributed by atoms with Crippen LogP contribution in [0.4, 0.5) is 9.93 Å². The summed E-state index contributed by atoms with van der Waals surface area (Å²) >= 11 is 13.1. The van der Waals surface area contributed by atoms with Crippen LogP contribution in [0.3, 0.4) is 0 Å². The van der Waals surface area contributed by atoms with Crippen molar-refractivity contribution in [3.63, 3.8) is 0 Å². The maximum Gasteiger partial charge on any atom is 0.326 e. The quantitative estimate of drug-likeness (QED) is 0.0814. The van der Waals surface area contributed by atoms with Crippen molar-refractivity contribution >= 4 is 67.6 Å². The summed E-state index contributed by atoms with van der Waals surface area (Å²) in [7, 11) is -4.57. The molecule has 1 aromatic heterocycles. The zero-order chi connectivity index (χ0) is 47.4. The number of nitriles is 1. The van der Waals surface area contributed by atoms with Crippen LogP contribution in [0.2, 0.25) is 10.0 Å². The van der Waals surface area contributed by atoms with E-state index >= 15 is 0 Å². The number of halogens is 2. The van der Waals surface area contributed by atoms with Crippen molar-refractivity contribution in [1.29, 1.82) is 5.26 Å². The third-order valence-electron chi connectivity index (χ3n) is 11.2. The summed E-state index contributed by atoms with van der Waals surface area (Å²) in [6.07, 6.45) is -0.757. The van der Waals surface area contributed by atoms with Crippen LogP contribution < -0.4 is 30.2 Å². The van der Waals surface area contributed by atoms with E-state index in [-0.39, 0.29) is 47.6 Å². The lowest BCUT2D eigenvalue weighted by Gasteiger charge is -2.36. The molecule has 6 aromatic rings. The zero-order valence-corrected chi connectivity index (χ0v) is 39.1. The average Bonchev–Trinajstić information content (AvgIpc) is 3.70. The summed E-state index contributed by atoms with van der Waals surface area (Å²) in [6, 6.07) is 28.9. The largest absolute Gasteiger partial charge is 0.489 e. The highest BCUT2D eigenvalue weighted by molar-refractivity contribution is 7.89. The first-order valence-electron chi connectivity index (χ1n) is 21.0. The lowest BCUT2D eigenvalue weighted by molar-refractivity contribution is -0.142. The Balaban J connectivity index is 1.03. The number of anilines is 1. The number of carbonyl (C=O) groups is 3. The SMILES string of the molecule is CCNC(=O)Nc1nc(S(=O)(=O)N2Cc3cc4c(cc3CC2C(=O)N[C@@H](Cc2ccc(-c3ccc(C#N)cc3)cc2)C(=O)O)OC[C@H](c2ccc(OCc3ccc(Cl)c(Cl)c3)cc2)O4)c(C)s1. The molecule has 5 aromatic carbocycles. The predicted octanol–water partition coefficient (Wildman–Crippen LogP) is 8.46. The van der Waals surface area contributed by atoms with E-state index in [1.807, 2.05) is 54.6 Å². The number of nitrogens with one attached hydrogen (secondary N) is 3. The second-order valence-corrected chi connectivity index (χ2v) is 19.5. The minimum Gasteiger partial charge on any atom is -0.489 e. The lowest BCUT2D eigenvalue weighted by Crippen LogP contribution is -2.55. The van der Waals surface area contributed by atoms with E-state index in [4.69, 9.17) is 42.7 Å². The second kappa shape index (κ2) is 20.0. The van der Waals surface area contributed by atoms with Crippen LogP contribution in [0, 0.1) is 18.3 Å². The van der Waals surface area contributed by atoms with Gasteiger partial charge in [0.2, 0.25) is 5.91 Å². The molecule has 19 heteroatoms. The molecule has 3 atom stereocenters. The molecule has 3 heterocycles. The molecule has 0 saturated carbocycles. The second-order valence-electron chi connectivity index (χ2n) is 15.7. The van der Waals surface area contributed by atoms with Gasteiger partial charge in [-0.2, -0.15) is 9.57 Å². The molecule has 2 aliphatic rings.